The smallest absolute Gasteiger partial charge is 0.227 e. The van der Waals surface area contributed by atoms with Crippen molar-refractivity contribution in [3.63, 3.8) is 0 Å². The van der Waals surface area contributed by atoms with Gasteiger partial charge in [0.05, 0.1) is 18.1 Å². The van der Waals surface area contributed by atoms with E-state index in [0.29, 0.717) is 36.6 Å². The van der Waals surface area contributed by atoms with Crippen molar-refractivity contribution >= 4 is 29.2 Å². The summed E-state index contributed by atoms with van der Waals surface area (Å²) in [6.45, 7) is 3.27. The highest BCUT2D eigenvalue weighted by molar-refractivity contribution is 7.99. The van der Waals surface area contributed by atoms with Crippen molar-refractivity contribution in [3.8, 4) is 11.4 Å². The molecule has 0 spiro atoms. The first kappa shape index (κ1) is 20.1. The Bertz CT molecular complexity index is 1140. The van der Waals surface area contributed by atoms with E-state index in [0.717, 1.165) is 29.3 Å². The van der Waals surface area contributed by atoms with Crippen LogP contribution in [0.3, 0.4) is 0 Å². The van der Waals surface area contributed by atoms with E-state index >= 15 is 0 Å². The van der Waals surface area contributed by atoms with Gasteiger partial charge in [-0.3, -0.25) is 4.79 Å². The summed E-state index contributed by atoms with van der Waals surface area (Å²) < 4.78 is 22.3. The lowest BCUT2D eigenvalue weighted by molar-refractivity contribution is 0.0694. The summed E-state index contributed by atoms with van der Waals surface area (Å²) >= 11 is 1.68. The van der Waals surface area contributed by atoms with Gasteiger partial charge < -0.3 is 14.6 Å². The van der Waals surface area contributed by atoms with Crippen molar-refractivity contribution in [2.75, 3.05) is 24.3 Å². The Hall–Kier alpha value is -2.78. The normalized spacial score (nSPS) is 16.9. The second kappa shape index (κ2) is 8.39. The monoisotopic (exact) mass is 439 g/mol. The first-order chi connectivity index (χ1) is 15.1. The average Bonchev–Trinajstić information content (AvgIpc) is 3.17. The van der Waals surface area contributed by atoms with Crippen LogP contribution < -0.4 is 5.32 Å². The minimum absolute atomic E-state index is 0.133. The predicted octanol–water partition coefficient (Wildman–Crippen LogP) is 4.56. The van der Waals surface area contributed by atoms with Gasteiger partial charge in [0.2, 0.25) is 5.95 Å². The maximum Gasteiger partial charge on any atom is 0.227 e. The number of ketones is 1. The highest BCUT2D eigenvalue weighted by Gasteiger charge is 2.24. The minimum atomic E-state index is -0.504. The fraction of sp³-hybridized carbons (Fsp3) is 0.364. The number of nitrogens with one attached hydrogen (secondary N) is 1. The summed E-state index contributed by atoms with van der Waals surface area (Å²) in [5.41, 5.74) is 2.23. The second-order valence-electron chi connectivity index (χ2n) is 7.65. The van der Waals surface area contributed by atoms with E-state index in [9.17, 15) is 9.18 Å². The summed E-state index contributed by atoms with van der Waals surface area (Å²) in [4.78, 5) is 26.2. The molecule has 0 radical (unpaired) electrons. The Labute approximate surface area is 183 Å². The van der Waals surface area contributed by atoms with Crippen molar-refractivity contribution in [1.29, 1.82) is 0 Å². The third kappa shape index (κ3) is 3.95. The quantitative estimate of drug-likeness (QED) is 0.638. The lowest BCUT2D eigenvalue weighted by Crippen LogP contribution is -2.21. The van der Waals surface area contributed by atoms with E-state index in [-0.39, 0.29) is 23.5 Å². The summed E-state index contributed by atoms with van der Waals surface area (Å²) in [6, 6.07) is 5.81. The molecule has 0 aliphatic carbocycles. The van der Waals surface area contributed by atoms with Crippen molar-refractivity contribution in [3.05, 3.63) is 47.8 Å². The van der Waals surface area contributed by atoms with Crippen LogP contribution in [0.25, 0.3) is 11.4 Å². The summed E-state index contributed by atoms with van der Waals surface area (Å²) in [5, 5.41) is 3.12. The first-order valence-electron chi connectivity index (χ1n) is 10.3. The zero-order chi connectivity index (χ0) is 21.4. The zero-order valence-electron chi connectivity index (χ0n) is 17.1. The Kier molecular flexibility index (Phi) is 5.45. The number of ether oxygens (including phenoxy) is 1. The number of nitrogens with zero attached hydrogens (tertiary/aromatic N) is 4. The van der Waals surface area contributed by atoms with E-state index in [1.165, 1.54) is 6.20 Å². The molecule has 2 aromatic heterocycles. The fourth-order valence-corrected chi connectivity index (χ4v) is 5.11. The van der Waals surface area contributed by atoms with E-state index in [1.54, 1.807) is 18.0 Å². The number of aromatic nitrogens is 4. The molecule has 0 unspecified atom stereocenters. The van der Waals surface area contributed by atoms with Gasteiger partial charge in [-0.25, -0.2) is 19.3 Å². The lowest BCUT2D eigenvalue weighted by Gasteiger charge is -2.26. The van der Waals surface area contributed by atoms with Crippen molar-refractivity contribution in [1.82, 2.24) is 19.5 Å². The third-order valence-electron chi connectivity index (χ3n) is 5.65. The zero-order valence-corrected chi connectivity index (χ0v) is 17.9. The maximum atomic E-state index is 14.8. The first-order valence-corrected chi connectivity index (χ1v) is 11.3. The van der Waals surface area contributed by atoms with Crippen LogP contribution in [-0.2, 0) is 4.74 Å². The molecule has 31 heavy (non-hydrogen) atoms. The number of carbonyl (C=O) groups excluding carboxylic acids is 1. The second-order valence-corrected chi connectivity index (χ2v) is 8.79. The van der Waals surface area contributed by atoms with Gasteiger partial charge in [-0.15, -0.1) is 11.8 Å². The van der Waals surface area contributed by atoms with E-state index in [1.807, 2.05) is 29.7 Å². The van der Waals surface area contributed by atoms with E-state index in [2.05, 4.69) is 20.3 Å². The minimum Gasteiger partial charge on any atom is -0.381 e. The van der Waals surface area contributed by atoms with Gasteiger partial charge in [0.25, 0.3) is 0 Å². The van der Waals surface area contributed by atoms with Crippen molar-refractivity contribution in [2.45, 2.75) is 37.1 Å². The molecular formula is C22H22FN5O2S. The van der Waals surface area contributed by atoms with Crippen LogP contribution in [0.1, 0.15) is 41.5 Å². The fourth-order valence-electron chi connectivity index (χ4n) is 4.11. The number of benzene rings is 1. The van der Waals surface area contributed by atoms with Gasteiger partial charge in [-0.1, -0.05) is 0 Å². The van der Waals surface area contributed by atoms with Gasteiger partial charge >= 0.3 is 0 Å². The Morgan fingerprint density at radius 3 is 2.90 bits per heavy atom. The molecule has 1 N–H and O–H groups in total. The standard InChI is InChI=1S/C22H22FN5O2S/c1-13-24-12-18(28(13)15-4-7-30-8-5-15)21-17(23)11-25-22(27-21)26-14-2-3-20-16(10-14)19(29)6-9-31-20/h2-3,10-12,15H,4-9H2,1H3,(H,25,26,27). The van der Waals surface area contributed by atoms with Crippen LogP contribution in [0.5, 0.6) is 0 Å². The van der Waals surface area contributed by atoms with Gasteiger partial charge in [0.15, 0.2) is 11.6 Å². The van der Waals surface area contributed by atoms with Gasteiger partial charge in [-0.2, -0.15) is 0 Å². The number of rotatable bonds is 4. The van der Waals surface area contributed by atoms with Crippen LogP contribution in [0.15, 0.2) is 35.5 Å². The van der Waals surface area contributed by atoms with Gasteiger partial charge in [-0.05, 0) is 38.0 Å². The number of anilines is 2. The van der Waals surface area contributed by atoms with Crippen molar-refractivity contribution in [2.24, 2.45) is 0 Å². The molecule has 1 fully saturated rings. The Morgan fingerprint density at radius 2 is 2.06 bits per heavy atom. The average molecular weight is 440 g/mol. The molecule has 1 saturated heterocycles. The molecule has 2 aliphatic rings. The lowest BCUT2D eigenvalue weighted by atomic mass is 10.1. The summed E-state index contributed by atoms with van der Waals surface area (Å²) in [5.74, 6) is 1.53. The molecule has 7 nitrogen and oxygen atoms in total. The molecule has 2 aliphatic heterocycles. The molecule has 0 saturated carbocycles. The van der Waals surface area contributed by atoms with Gasteiger partial charge in [0, 0.05) is 47.6 Å². The van der Waals surface area contributed by atoms with Crippen LogP contribution in [0.4, 0.5) is 16.0 Å². The molecule has 160 valence electrons. The molecule has 0 atom stereocenters. The van der Waals surface area contributed by atoms with E-state index < -0.39 is 5.82 Å². The molecule has 5 rings (SSSR count). The number of carbonyl (C=O) groups is 1. The molecule has 4 heterocycles. The number of aryl methyl sites for hydroxylation is 1. The number of hydrogen-bond donors (Lipinski definition) is 1. The van der Waals surface area contributed by atoms with Crippen LogP contribution in [-0.4, -0.2) is 44.3 Å². The van der Waals surface area contributed by atoms with Crippen molar-refractivity contribution < 1.29 is 13.9 Å². The number of thioether (sulfide) groups is 1. The number of hydrogen-bond acceptors (Lipinski definition) is 7. The molecule has 1 aromatic carbocycles. The number of imidazole rings is 1. The van der Waals surface area contributed by atoms with Crippen LogP contribution >= 0.6 is 11.8 Å². The van der Waals surface area contributed by atoms with Gasteiger partial charge in [0.1, 0.15) is 11.5 Å². The number of halogens is 1. The predicted molar refractivity (Wildman–Crippen MR) is 116 cm³/mol. The highest BCUT2D eigenvalue weighted by atomic mass is 32.2. The Balaban J connectivity index is 1.47. The highest BCUT2D eigenvalue weighted by Crippen LogP contribution is 2.33. The van der Waals surface area contributed by atoms with Crippen LogP contribution in [0, 0.1) is 12.7 Å². The van der Waals surface area contributed by atoms with E-state index in [4.69, 9.17) is 4.74 Å². The number of fused-ring (bicyclic) bond motifs is 1. The van der Waals surface area contributed by atoms with Crippen LogP contribution in [0.2, 0.25) is 0 Å². The largest absolute Gasteiger partial charge is 0.381 e. The topological polar surface area (TPSA) is 81.9 Å². The number of Topliss-reactive ketones (excluding diaryl/α,β-unsaturated/α-hetero) is 1. The molecule has 9 heteroatoms. The summed E-state index contributed by atoms with van der Waals surface area (Å²) in [6.07, 6.45) is 5.07. The Morgan fingerprint density at radius 1 is 1.23 bits per heavy atom. The molecule has 0 bridgehead atoms. The third-order valence-corrected chi connectivity index (χ3v) is 6.72. The molecule has 3 aromatic rings. The summed E-state index contributed by atoms with van der Waals surface area (Å²) in [7, 11) is 0. The molecule has 0 amide bonds. The maximum absolute atomic E-state index is 14.8. The molecular weight excluding hydrogens is 417 g/mol. The SMILES string of the molecule is Cc1ncc(-c2nc(Nc3ccc4c(c3)C(=O)CCS4)ncc2F)n1C1CCOCC1.